The summed E-state index contributed by atoms with van der Waals surface area (Å²) in [7, 11) is -1.44. The number of aromatic nitrogens is 1. The van der Waals surface area contributed by atoms with Crippen LogP contribution in [0.4, 0.5) is 11.4 Å². The van der Waals surface area contributed by atoms with Gasteiger partial charge in [0.2, 0.25) is 0 Å². The highest BCUT2D eigenvalue weighted by Crippen LogP contribution is 2.26. The summed E-state index contributed by atoms with van der Waals surface area (Å²) in [6, 6.07) is 10.5. The molecule has 2 N–H and O–H groups in total. The highest BCUT2D eigenvalue weighted by molar-refractivity contribution is 7.91. The van der Waals surface area contributed by atoms with E-state index in [0.29, 0.717) is 17.9 Å². The van der Waals surface area contributed by atoms with Crippen molar-refractivity contribution in [3.8, 4) is 5.75 Å². The molecule has 0 spiro atoms. The molecule has 2 heterocycles. The lowest BCUT2D eigenvalue weighted by atomic mass is 10.2. The molecule has 1 aliphatic heterocycles. The first-order valence-corrected chi connectivity index (χ1v) is 9.66. The first-order chi connectivity index (χ1) is 12.0. The molecule has 0 radical (unpaired) electrons. The third-order valence-electron chi connectivity index (χ3n) is 3.95. The van der Waals surface area contributed by atoms with Gasteiger partial charge in [-0.1, -0.05) is 12.1 Å². The van der Waals surface area contributed by atoms with Crippen molar-refractivity contribution < 1.29 is 17.9 Å². The Morgan fingerprint density at radius 2 is 2.04 bits per heavy atom. The average molecular weight is 361 g/mol. The second-order valence-electron chi connectivity index (χ2n) is 5.83. The Labute approximate surface area is 146 Å². The molecule has 1 amide bonds. The standard InChI is InChI=1S/C17H19N3O4S/c1-24-16-5-3-2-4-14(16)19-12-6-7-15(18-10-12)17(21)20-13-8-9-25(22,23)11-13/h2-7,10,13,19H,8-9,11H2,1H3,(H,20,21). The average Bonchev–Trinajstić information content (AvgIpc) is 2.94. The Kier molecular flexibility index (Phi) is 4.89. The van der Waals surface area contributed by atoms with Crippen LogP contribution in [0.1, 0.15) is 16.9 Å². The molecule has 1 unspecified atom stereocenters. The number of rotatable bonds is 5. The molecular weight excluding hydrogens is 342 g/mol. The van der Waals surface area contributed by atoms with Crippen LogP contribution in [-0.4, -0.2) is 44.0 Å². The molecule has 3 rings (SSSR count). The van der Waals surface area contributed by atoms with Crippen molar-refractivity contribution in [1.82, 2.24) is 10.3 Å². The first-order valence-electron chi connectivity index (χ1n) is 7.84. The molecule has 1 aromatic heterocycles. The van der Waals surface area contributed by atoms with E-state index in [1.165, 1.54) is 0 Å². The van der Waals surface area contributed by atoms with Crippen LogP contribution in [0, 0.1) is 0 Å². The van der Waals surface area contributed by atoms with Crippen molar-refractivity contribution in [2.75, 3.05) is 23.9 Å². The number of hydrogen-bond donors (Lipinski definition) is 2. The number of hydrogen-bond acceptors (Lipinski definition) is 6. The van der Waals surface area contributed by atoms with Crippen LogP contribution >= 0.6 is 0 Å². The van der Waals surface area contributed by atoms with Gasteiger partial charge in [-0.2, -0.15) is 0 Å². The Morgan fingerprint density at radius 3 is 2.68 bits per heavy atom. The Morgan fingerprint density at radius 1 is 1.24 bits per heavy atom. The van der Waals surface area contributed by atoms with Gasteiger partial charge in [-0.15, -0.1) is 0 Å². The van der Waals surface area contributed by atoms with Gasteiger partial charge in [0.05, 0.1) is 36.2 Å². The lowest BCUT2D eigenvalue weighted by Crippen LogP contribution is -2.36. The van der Waals surface area contributed by atoms with Gasteiger partial charge in [0.15, 0.2) is 9.84 Å². The first kappa shape index (κ1) is 17.2. The van der Waals surface area contributed by atoms with Crippen LogP contribution < -0.4 is 15.4 Å². The summed E-state index contributed by atoms with van der Waals surface area (Å²) >= 11 is 0. The number of benzene rings is 1. The van der Waals surface area contributed by atoms with Gasteiger partial charge in [0, 0.05) is 6.04 Å². The summed E-state index contributed by atoms with van der Waals surface area (Å²) in [6.45, 7) is 0. The summed E-state index contributed by atoms with van der Waals surface area (Å²) < 4.78 is 28.2. The van der Waals surface area contributed by atoms with Gasteiger partial charge in [0.1, 0.15) is 11.4 Å². The summed E-state index contributed by atoms with van der Waals surface area (Å²) in [5.74, 6) is 0.442. The maximum absolute atomic E-state index is 12.2. The van der Waals surface area contributed by atoms with Gasteiger partial charge < -0.3 is 15.4 Å². The lowest BCUT2D eigenvalue weighted by molar-refractivity contribution is 0.0936. The maximum atomic E-state index is 12.2. The minimum absolute atomic E-state index is 0.00776. The van der Waals surface area contributed by atoms with Crippen molar-refractivity contribution in [2.45, 2.75) is 12.5 Å². The topological polar surface area (TPSA) is 97.4 Å². The fourth-order valence-corrected chi connectivity index (χ4v) is 4.35. The van der Waals surface area contributed by atoms with E-state index in [1.54, 1.807) is 25.4 Å². The van der Waals surface area contributed by atoms with Gasteiger partial charge in [-0.3, -0.25) is 4.79 Å². The number of pyridine rings is 1. The predicted molar refractivity (Wildman–Crippen MR) is 95.0 cm³/mol. The van der Waals surface area contributed by atoms with Gasteiger partial charge in [-0.05, 0) is 30.7 Å². The normalized spacial score (nSPS) is 18.5. The molecule has 0 aliphatic carbocycles. The van der Waals surface area contributed by atoms with E-state index in [9.17, 15) is 13.2 Å². The van der Waals surface area contributed by atoms with E-state index in [0.717, 1.165) is 5.69 Å². The van der Waals surface area contributed by atoms with Gasteiger partial charge in [-0.25, -0.2) is 13.4 Å². The number of ether oxygens (including phenoxy) is 1. The molecule has 1 saturated heterocycles. The number of nitrogens with zero attached hydrogens (tertiary/aromatic N) is 1. The predicted octanol–water partition coefficient (Wildman–Crippen LogP) is 1.75. The van der Waals surface area contributed by atoms with E-state index < -0.39 is 9.84 Å². The fraction of sp³-hybridized carbons (Fsp3) is 0.294. The van der Waals surface area contributed by atoms with Crippen molar-refractivity contribution >= 4 is 27.1 Å². The molecule has 0 bridgehead atoms. The monoisotopic (exact) mass is 361 g/mol. The lowest BCUT2D eigenvalue weighted by Gasteiger charge is -2.12. The second kappa shape index (κ2) is 7.10. The van der Waals surface area contributed by atoms with Crippen molar-refractivity contribution in [2.24, 2.45) is 0 Å². The fourth-order valence-electron chi connectivity index (χ4n) is 2.67. The van der Waals surface area contributed by atoms with E-state index in [2.05, 4.69) is 15.6 Å². The SMILES string of the molecule is COc1ccccc1Nc1ccc(C(=O)NC2CCS(=O)(=O)C2)nc1. The Bertz CT molecular complexity index is 866. The zero-order valence-corrected chi connectivity index (χ0v) is 14.5. The van der Waals surface area contributed by atoms with E-state index >= 15 is 0 Å². The third-order valence-corrected chi connectivity index (χ3v) is 5.72. The number of para-hydroxylation sites is 2. The summed E-state index contributed by atoms with van der Waals surface area (Å²) in [5.41, 5.74) is 1.75. The third kappa shape index (κ3) is 4.27. The highest BCUT2D eigenvalue weighted by atomic mass is 32.2. The Hall–Kier alpha value is -2.61. The largest absolute Gasteiger partial charge is 0.495 e. The molecule has 7 nitrogen and oxygen atoms in total. The van der Waals surface area contributed by atoms with Gasteiger partial charge >= 0.3 is 0 Å². The van der Waals surface area contributed by atoms with Crippen molar-refractivity contribution in [1.29, 1.82) is 0 Å². The quantitative estimate of drug-likeness (QED) is 0.842. The minimum atomic E-state index is -3.03. The summed E-state index contributed by atoms with van der Waals surface area (Å²) in [6.07, 6.45) is 1.99. The number of nitrogens with one attached hydrogen (secondary N) is 2. The van der Waals surface area contributed by atoms with Crippen LogP contribution in [0.2, 0.25) is 0 Å². The van der Waals surface area contributed by atoms with E-state index in [-0.39, 0.29) is 29.1 Å². The zero-order valence-electron chi connectivity index (χ0n) is 13.7. The molecule has 2 aromatic rings. The number of methoxy groups -OCH3 is 1. The molecule has 8 heteroatoms. The van der Waals surface area contributed by atoms with Crippen LogP contribution in [0.3, 0.4) is 0 Å². The number of amides is 1. The van der Waals surface area contributed by atoms with Crippen LogP contribution in [-0.2, 0) is 9.84 Å². The van der Waals surface area contributed by atoms with Gasteiger partial charge in [0.25, 0.3) is 5.91 Å². The summed E-state index contributed by atoms with van der Waals surface area (Å²) in [4.78, 5) is 16.3. The summed E-state index contributed by atoms with van der Waals surface area (Å²) in [5, 5.41) is 5.89. The smallest absolute Gasteiger partial charge is 0.270 e. The molecule has 1 aliphatic rings. The molecule has 132 valence electrons. The second-order valence-corrected chi connectivity index (χ2v) is 8.06. The molecule has 1 fully saturated rings. The molecular formula is C17H19N3O4S. The zero-order chi connectivity index (χ0) is 17.9. The molecule has 25 heavy (non-hydrogen) atoms. The van der Waals surface area contributed by atoms with Crippen molar-refractivity contribution in [3.63, 3.8) is 0 Å². The number of carbonyl (C=O) groups is 1. The van der Waals surface area contributed by atoms with E-state index in [4.69, 9.17) is 4.74 Å². The van der Waals surface area contributed by atoms with Crippen molar-refractivity contribution in [3.05, 3.63) is 48.3 Å². The van der Waals surface area contributed by atoms with Crippen LogP contribution in [0.5, 0.6) is 5.75 Å². The number of sulfone groups is 1. The Balaban J connectivity index is 1.65. The van der Waals surface area contributed by atoms with E-state index in [1.807, 2.05) is 24.3 Å². The number of carbonyl (C=O) groups excluding carboxylic acids is 1. The highest BCUT2D eigenvalue weighted by Gasteiger charge is 2.29. The van der Waals surface area contributed by atoms with Crippen LogP contribution in [0.15, 0.2) is 42.6 Å². The molecule has 1 atom stereocenters. The van der Waals surface area contributed by atoms with Crippen LogP contribution in [0.25, 0.3) is 0 Å². The maximum Gasteiger partial charge on any atom is 0.270 e. The number of anilines is 2. The molecule has 1 aromatic carbocycles. The minimum Gasteiger partial charge on any atom is -0.495 e. The molecule has 0 saturated carbocycles.